The van der Waals surface area contributed by atoms with Crippen LogP contribution in [0, 0.1) is 0 Å². The normalized spacial score (nSPS) is 15.4. The molecular formula is C14H17NS2Si. The van der Waals surface area contributed by atoms with Gasteiger partial charge in [0.25, 0.3) is 0 Å². The number of hydrogen-bond acceptors (Lipinski definition) is 3. The molecule has 2 aromatic rings. The summed E-state index contributed by atoms with van der Waals surface area (Å²) in [6.45, 7) is 8.22. The molecule has 0 unspecified atom stereocenters. The molecule has 18 heavy (non-hydrogen) atoms. The maximum atomic E-state index is 4.76. The zero-order valence-electron chi connectivity index (χ0n) is 11.0. The Morgan fingerprint density at radius 1 is 1.28 bits per heavy atom. The highest BCUT2D eigenvalue weighted by molar-refractivity contribution is 7.28. The molecule has 0 N–H and O–H groups in total. The summed E-state index contributed by atoms with van der Waals surface area (Å²) in [5.74, 6) is 0. The van der Waals surface area contributed by atoms with Gasteiger partial charge in [-0.25, -0.2) is 0 Å². The summed E-state index contributed by atoms with van der Waals surface area (Å²) in [6, 6.07) is 6.75. The van der Waals surface area contributed by atoms with Gasteiger partial charge >= 0.3 is 0 Å². The van der Waals surface area contributed by atoms with Crippen LogP contribution in [0.25, 0.3) is 0 Å². The van der Waals surface area contributed by atoms with Gasteiger partial charge in [0, 0.05) is 6.54 Å². The fourth-order valence-electron chi connectivity index (χ4n) is 2.15. The van der Waals surface area contributed by atoms with Crippen LogP contribution in [0.4, 0.5) is 0 Å². The van der Waals surface area contributed by atoms with E-state index in [4.69, 9.17) is 4.99 Å². The average molecular weight is 292 g/mol. The topological polar surface area (TPSA) is 12.4 Å². The van der Waals surface area contributed by atoms with E-state index in [0.29, 0.717) is 0 Å². The fraction of sp³-hybridized carbons (Fsp3) is 0.357. The van der Waals surface area contributed by atoms with Crippen molar-refractivity contribution in [1.29, 1.82) is 0 Å². The molecule has 3 rings (SSSR count). The third-order valence-electron chi connectivity index (χ3n) is 3.17. The van der Waals surface area contributed by atoms with E-state index in [2.05, 4.69) is 43.2 Å². The van der Waals surface area contributed by atoms with Gasteiger partial charge in [-0.3, -0.25) is 4.99 Å². The van der Waals surface area contributed by atoms with Crippen molar-refractivity contribution in [1.82, 2.24) is 0 Å². The highest BCUT2D eigenvalue weighted by atomic mass is 32.1. The van der Waals surface area contributed by atoms with Gasteiger partial charge in [-0.15, -0.1) is 22.7 Å². The molecule has 0 aliphatic carbocycles. The van der Waals surface area contributed by atoms with Crippen LogP contribution in [-0.2, 0) is 6.42 Å². The number of nitrogens with zero attached hydrogens (tertiary/aromatic N) is 1. The van der Waals surface area contributed by atoms with Crippen molar-refractivity contribution in [3.8, 4) is 0 Å². The molecule has 0 saturated carbocycles. The van der Waals surface area contributed by atoms with E-state index in [1.165, 1.54) is 21.0 Å². The first-order chi connectivity index (χ1) is 8.55. The molecule has 3 heterocycles. The second kappa shape index (κ2) is 4.44. The number of aliphatic imine (C=N–C) groups is 1. The Hall–Kier alpha value is -0.713. The van der Waals surface area contributed by atoms with Crippen LogP contribution in [0.15, 0.2) is 28.6 Å². The van der Waals surface area contributed by atoms with Gasteiger partial charge in [0.15, 0.2) is 0 Å². The van der Waals surface area contributed by atoms with Crippen molar-refractivity contribution < 1.29 is 0 Å². The molecule has 0 fully saturated rings. The number of rotatable bonds is 2. The third-order valence-corrected chi connectivity index (χ3v) is 8.81. The van der Waals surface area contributed by atoms with Crippen LogP contribution >= 0.6 is 22.7 Å². The predicted molar refractivity (Wildman–Crippen MR) is 85.8 cm³/mol. The molecule has 0 radical (unpaired) electrons. The summed E-state index contributed by atoms with van der Waals surface area (Å²) in [7, 11) is -1.20. The van der Waals surface area contributed by atoms with E-state index < -0.39 is 8.07 Å². The van der Waals surface area contributed by atoms with E-state index in [-0.39, 0.29) is 0 Å². The Morgan fingerprint density at radius 2 is 2.11 bits per heavy atom. The summed E-state index contributed by atoms with van der Waals surface area (Å²) < 4.78 is 1.61. The van der Waals surface area contributed by atoms with Gasteiger partial charge in [-0.2, -0.15) is 0 Å². The molecule has 1 aliphatic heterocycles. The third kappa shape index (κ3) is 2.13. The lowest BCUT2D eigenvalue weighted by molar-refractivity contribution is 0.955. The van der Waals surface area contributed by atoms with E-state index in [1.807, 2.05) is 11.3 Å². The highest BCUT2D eigenvalue weighted by Gasteiger charge is 2.25. The SMILES string of the molecule is C[Si](C)(C)c1cc2c(s1)C(c1cccs1)=NCC2. The minimum Gasteiger partial charge on any atom is -0.282 e. The summed E-state index contributed by atoms with van der Waals surface area (Å²) in [5, 5.41) is 2.14. The van der Waals surface area contributed by atoms with Crippen LogP contribution in [0.3, 0.4) is 0 Å². The van der Waals surface area contributed by atoms with Crippen molar-refractivity contribution in [2.24, 2.45) is 4.99 Å². The van der Waals surface area contributed by atoms with Gasteiger partial charge in [-0.05, 0) is 34.0 Å². The van der Waals surface area contributed by atoms with E-state index in [0.717, 1.165) is 13.0 Å². The molecule has 1 aliphatic rings. The minimum atomic E-state index is -1.20. The smallest absolute Gasteiger partial charge is 0.0921 e. The average Bonchev–Trinajstić information content (AvgIpc) is 2.96. The zero-order valence-corrected chi connectivity index (χ0v) is 13.6. The lowest BCUT2D eigenvalue weighted by Crippen LogP contribution is -2.34. The molecule has 94 valence electrons. The molecule has 0 atom stereocenters. The van der Waals surface area contributed by atoms with Crippen LogP contribution < -0.4 is 4.50 Å². The Bertz CT molecular complexity index is 588. The summed E-state index contributed by atoms with van der Waals surface area (Å²) >= 11 is 3.78. The first-order valence-corrected chi connectivity index (χ1v) is 11.5. The first kappa shape index (κ1) is 12.3. The van der Waals surface area contributed by atoms with Crippen LogP contribution in [0.1, 0.15) is 15.3 Å². The lowest BCUT2D eigenvalue weighted by atomic mass is 10.1. The Kier molecular flexibility index (Phi) is 3.04. The minimum absolute atomic E-state index is 0.947. The molecule has 0 saturated heterocycles. The van der Waals surface area contributed by atoms with Gasteiger partial charge in [-0.1, -0.05) is 25.7 Å². The zero-order chi connectivity index (χ0) is 12.8. The summed E-state index contributed by atoms with van der Waals surface area (Å²) in [4.78, 5) is 7.51. The molecule has 4 heteroatoms. The fourth-order valence-corrected chi connectivity index (χ4v) is 6.07. The van der Waals surface area contributed by atoms with Gasteiger partial charge < -0.3 is 0 Å². The molecule has 2 aromatic heterocycles. The van der Waals surface area contributed by atoms with E-state index in [9.17, 15) is 0 Å². The van der Waals surface area contributed by atoms with E-state index >= 15 is 0 Å². The monoisotopic (exact) mass is 291 g/mol. The van der Waals surface area contributed by atoms with E-state index in [1.54, 1.807) is 15.8 Å². The largest absolute Gasteiger partial charge is 0.282 e. The van der Waals surface area contributed by atoms with Crippen LogP contribution in [-0.4, -0.2) is 20.3 Å². The lowest BCUT2D eigenvalue weighted by Gasteiger charge is -2.12. The van der Waals surface area contributed by atoms with Gasteiger partial charge in [0.05, 0.1) is 23.5 Å². The Balaban J connectivity index is 2.08. The van der Waals surface area contributed by atoms with Crippen molar-refractivity contribution >= 4 is 41.0 Å². The Labute approximate surface area is 117 Å². The van der Waals surface area contributed by atoms with Gasteiger partial charge in [0.1, 0.15) is 0 Å². The van der Waals surface area contributed by atoms with Crippen molar-refractivity contribution in [2.45, 2.75) is 26.1 Å². The quantitative estimate of drug-likeness (QED) is 0.747. The van der Waals surface area contributed by atoms with Crippen LogP contribution in [0.5, 0.6) is 0 Å². The van der Waals surface area contributed by atoms with Crippen molar-refractivity contribution in [2.75, 3.05) is 6.54 Å². The molecule has 0 aromatic carbocycles. The second-order valence-corrected chi connectivity index (χ2v) is 13.1. The summed E-state index contributed by atoms with van der Waals surface area (Å²) in [6.07, 6.45) is 1.12. The number of hydrogen-bond donors (Lipinski definition) is 0. The first-order valence-electron chi connectivity index (χ1n) is 6.27. The summed E-state index contributed by atoms with van der Waals surface area (Å²) in [5.41, 5.74) is 2.76. The van der Waals surface area contributed by atoms with Crippen molar-refractivity contribution in [3.05, 3.63) is 38.9 Å². The maximum Gasteiger partial charge on any atom is 0.0921 e. The predicted octanol–water partition coefficient (Wildman–Crippen LogP) is 3.75. The molecule has 0 bridgehead atoms. The second-order valence-electron chi connectivity index (χ2n) is 5.67. The number of thiophene rings is 2. The maximum absolute atomic E-state index is 4.76. The van der Waals surface area contributed by atoms with Crippen molar-refractivity contribution in [3.63, 3.8) is 0 Å². The van der Waals surface area contributed by atoms with Crippen LogP contribution in [0.2, 0.25) is 19.6 Å². The standard InChI is InChI=1S/C14H17NS2Si/c1-18(2,3)12-9-10-6-7-15-13(14(10)17-12)11-5-4-8-16-11/h4-5,8-9H,6-7H2,1-3H3. The Morgan fingerprint density at radius 3 is 2.78 bits per heavy atom. The number of fused-ring (bicyclic) bond motifs is 1. The highest BCUT2D eigenvalue weighted by Crippen LogP contribution is 2.28. The van der Waals surface area contributed by atoms with Gasteiger partial charge in [0.2, 0.25) is 0 Å². The molecule has 0 spiro atoms. The molecule has 1 nitrogen and oxygen atoms in total. The molecule has 0 amide bonds. The molecular weight excluding hydrogens is 274 g/mol.